The van der Waals surface area contributed by atoms with Gasteiger partial charge >= 0.3 is 0 Å². The van der Waals surface area contributed by atoms with Gasteiger partial charge in [0.05, 0.1) is 6.61 Å². The number of ether oxygens (including phenoxy) is 1. The van der Waals surface area contributed by atoms with E-state index in [1.54, 1.807) is 13.3 Å². The maximum Gasteiger partial charge on any atom is 0.255 e. The highest BCUT2D eigenvalue weighted by atomic mass is 35.5. The minimum Gasteiger partial charge on any atom is -0.383 e. The first-order valence-corrected chi connectivity index (χ1v) is 6.06. The fraction of sp³-hybridized carbons (Fsp3) is 0.357. The second-order valence-corrected chi connectivity index (χ2v) is 4.29. The van der Waals surface area contributed by atoms with Crippen molar-refractivity contribution in [3.63, 3.8) is 0 Å². The minimum absolute atomic E-state index is 0. The highest BCUT2D eigenvalue weighted by Gasteiger charge is 2.10. The summed E-state index contributed by atoms with van der Waals surface area (Å²) in [6.45, 7) is 3.53. The summed E-state index contributed by atoms with van der Waals surface area (Å²) in [4.78, 5) is 14.5. The van der Waals surface area contributed by atoms with Crippen LogP contribution >= 0.6 is 12.4 Å². The number of halogens is 1. The Balaban J connectivity index is 0.00000180. The number of aromatic nitrogens is 1. The molecule has 0 spiro atoms. The number of fused-ring (bicyclic) bond motifs is 1. The number of hydrogen-bond donors (Lipinski definition) is 2. The number of H-pyrrole nitrogens is 1. The molecule has 0 saturated carbocycles. The molecule has 1 aromatic carbocycles. The van der Waals surface area contributed by atoms with Crippen LogP contribution in [0.4, 0.5) is 0 Å². The number of aromatic amines is 1. The van der Waals surface area contributed by atoms with Crippen molar-refractivity contribution >= 4 is 23.2 Å². The predicted molar refractivity (Wildman–Crippen MR) is 80.1 cm³/mol. The Kier molecular flexibility index (Phi) is 6.02. The predicted octanol–water partition coefficient (Wildman–Crippen LogP) is 2.25. The lowest BCUT2D eigenvalue weighted by Crippen LogP contribution is -2.24. The molecule has 1 heterocycles. The van der Waals surface area contributed by atoms with E-state index in [1.165, 1.54) is 0 Å². The molecule has 0 amide bonds. The SMILES string of the molecule is COCCN[C@H](C)c1c[nH]c(=O)c2ccccc12.Cl. The third-order valence-electron chi connectivity index (χ3n) is 3.06. The number of hydrogen-bond acceptors (Lipinski definition) is 3. The third-order valence-corrected chi connectivity index (χ3v) is 3.06. The van der Waals surface area contributed by atoms with Crippen molar-refractivity contribution in [1.29, 1.82) is 0 Å². The van der Waals surface area contributed by atoms with Gasteiger partial charge in [0, 0.05) is 31.3 Å². The molecule has 2 N–H and O–H groups in total. The largest absolute Gasteiger partial charge is 0.383 e. The summed E-state index contributed by atoms with van der Waals surface area (Å²) in [5, 5.41) is 5.09. The first-order valence-electron chi connectivity index (χ1n) is 6.06. The van der Waals surface area contributed by atoms with E-state index in [0.717, 1.165) is 22.9 Å². The second kappa shape index (κ2) is 7.28. The van der Waals surface area contributed by atoms with Gasteiger partial charge in [0.25, 0.3) is 5.56 Å². The monoisotopic (exact) mass is 282 g/mol. The molecule has 104 valence electrons. The Morgan fingerprint density at radius 1 is 1.32 bits per heavy atom. The summed E-state index contributed by atoms with van der Waals surface area (Å²) in [5.74, 6) is 0. The van der Waals surface area contributed by atoms with Crippen LogP contribution in [0.1, 0.15) is 18.5 Å². The van der Waals surface area contributed by atoms with E-state index in [1.807, 2.05) is 24.3 Å². The molecule has 0 aliphatic heterocycles. The lowest BCUT2D eigenvalue weighted by atomic mass is 10.0. The van der Waals surface area contributed by atoms with E-state index in [4.69, 9.17) is 4.74 Å². The summed E-state index contributed by atoms with van der Waals surface area (Å²) in [6, 6.07) is 7.83. The summed E-state index contributed by atoms with van der Waals surface area (Å²) >= 11 is 0. The van der Waals surface area contributed by atoms with Gasteiger partial charge in [0.2, 0.25) is 0 Å². The van der Waals surface area contributed by atoms with Crippen molar-refractivity contribution in [3.8, 4) is 0 Å². The van der Waals surface area contributed by atoms with Crippen LogP contribution < -0.4 is 10.9 Å². The van der Waals surface area contributed by atoms with Gasteiger partial charge in [-0.1, -0.05) is 18.2 Å². The smallest absolute Gasteiger partial charge is 0.255 e. The molecule has 0 aliphatic rings. The van der Waals surface area contributed by atoms with E-state index in [9.17, 15) is 4.79 Å². The standard InChI is InChI=1S/C14H18N2O2.ClH/c1-10(15-7-8-18-2)13-9-16-14(17)12-6-4-3-5-11(12)13;/h3-6,9-10,15H,7-8H2,1-2H3,(H,16,17);1H/t10-;/m1./s1. The van der Waals surface area contributed by atoms with E-state index in [2.05, 4.69) is 17.2 Å². The summed E-state index contributed by atoms with van der Waals surface area (Å²) in [5.41, 5.74) is 1.06. The number of methoxy groups -OCH3 is 1. The van der Waals surface area contributed by atoms with Crippen molar-refractivity contribution < 1.29 is 4.74 Å². The van der Waals surface area contributed by atoms with Crippen LogP contribution in [0.25, 0.3) is 10.8 Å². The van der Waals surface area contributed by atoms with Crippen LogP contribution in [0.3, 0.4) is 0 Å². The number of rotatable bonds is 5. The topological polar surface area (TPSA) is 54.1 Å². The van der Waals surface area contributed by atoms with Gasteiger partial charge in [-0.2, -0.15) is 0 Å². The van der Waals surface area contributed by atoms with Gasteiger partial charge < -0.3 is 15.0 Å². The van der Waals surface area contributed by atoms with Gasteiger partial charge in [0.15, 0.2) is 0 Å². The van der Waals surface area contributed by atoms with E-state index >= 15 is 0 Å². The first kappa shape index (κ1) is 15.7. The molecule has 2 aromatic rings. The highest BCUT2D eigenvalue weighted by molar-refractivity contribution is 5.85. The molecule has 5 heteroatoms. The molecule has 0 fully saturated rings. The summed E-state index contributed by atoms with van der Waals surface area (Å²) in [7, 11) is 1.68. The summed E-state index contributed by atoms with van der Waals surface area (Å²) < 4.78 is 5.01. The molecule has 19 heavy (non-hydrogen) atoms. The van der Waals surface area contributed by atoms with Crippen LogP contribution in [0.2, 0.25) is 0 Å². The number of benzene rings is 1. The average molecular weight is 283 g/mol. The zero-order valence-electron chi connectivity index (χ0n) is 11.1. The van der Waals surface area contributed by atoms with E-state index < -0.39 is 0 Å². The van der Waals surface area contributed by atoms with Gasteiger partial charge in [-0.3, -0.25) is 4.79 Å². The average Bonchev–Trinajstić information content (AvgIpc) is 2.39. The van der Waals surface area contributed by atoms with Crippen LogP contribution in [-0.2, 0) is 4.74 Å². The second-order valence-electron chi connectivity index (χ2n) is 4.29. The Labute approximate surface area is 118 Å². The molecule has 0 saturated heterocycles. The van der Waals surface area contributed by atoms with Gasteiger partial charge in [-0.15, -0.1) is 12.4 Å². The van der Waals surface area contributed by atoms with Gasteiger partial charge in [-0.25, -0.2) is 0 Å². The maximum atomic E-state index is 11.7. The Morgan fingerprint density at radius 3 is 2.68 bits per heavy atom. The van der Waals surface area contributed by atoms with Crippen molar-refractivity contribution in [2.24, 2.45) is 0 Å². The maximum absolute atomic E-state index is 11.7. The third kappa shape index (κ3) is 3.56. The molecule has 2 rings (SSSR count). The zero-order chi connectivity index (χ0) is 13.0. The van der Waals surface area contributed by atoms with Crippen LogP contribution in [-0.4, -0.2) is 25.2 Å². The fourth-order valence-electron chi connectivity index (χ4n) is 2.08. The fourth-order valence-corrected chi connectivity index (χ4v) is 2.08. The Hall–Kier alpha value is -1.36. The molecule has 0 radical (unpaired) electrons. The molecular formula is C14H19ClN2O2. The van der Waals surface area contributed by atoms with Crippen LogP contribution in [0.15, 0.2) is 35.3 Å². The van der Waals surface area contributed by atoms with Crippen molar-refractivity contribution in [1.82, 2.24) is 10.3 Å². The van der Waals surface area contributed by atoms with Crippen molar-refractivity contribution in [3.05, 3.63) is 46.4 Å². The van der Waals surface area contributed by atoms with Gasteiger partial charge in [0.1, 0.15) is 0 Å². The quantitative estimate of drug-likeness (QED) is 0.827. The highest BCUT2D eigenvalue weighted by Crippen LogP contribution is 2.20. The molecule has 0 bridgehead atoms. The first-order chi connectivity index (χ1) is 8.74. The van der Waals surface area contributed by atoms with E-state index in [0.29, 0.717) is 6.61 Å². The number of pyridine rings is 1. The van der Waals surface area contributed by atoms with Gasteiger partial charge in [-0.05, 0) is 23.9 Å². The van der Waals surface area contributed by atoms with Crippen molar-refractivity contribution in [2.45, 2.75) is 13.0 Å². The summed E-state index contributed by atoms with van der Waals surface area (Å²) in [6.07, 6.45) is 1.79. The van der Waals surface area contributed by atoms with Crippen molar-refractivity contribution in [2.75, 3.05) is 20.3 Å². The zero-order valence-corrected chi connectivity index (χ0v) is 11.9. The molecule has 0 aliphatic carbocycles. The molecule has 4 nitrogen and oxygen atoms in total. The number of nitrogens with one attached hydrogen (secondary N) is 2. The minimum atomic E-state index is -0.0431. The molecular weight excluding hydrogens is 264 g/mol. The lowest BCUT2D eigenvalue weighted by Gasteiger charge is -2.15. The van der Waals surface area contributed by atoms with Crippen LogP contribution in [0.5, 0.6) is 0 Å². The normalized spacial score (nSPS) is 12.1. The van der Waals surface area contributed by atoms with Crippen LogP contribution in [0, 0.1) is 0 Å². The molecule has 0 unspecified atom stereocenters. The van der Waals surface area contributed by atoms with E-state index in [-0.39, 0.29) is 24.0 Å². The molecule has 1 aromatic heterocycles. The Bertz CT molecular complexity index is 583. The Morgan fingerprint density at radius 2 is 2.00 bits per heavy atom. The molecule has 1 atom stereocenters. The lowest BCUT2D eigenvalue weighted by molar-refractivity contribution is 0.196.